The first-order valence-corrected chi connectivity index (χ1v) is 10.8. The van der Waals surface area contributed by atoms with Gasteiger partial charge in [0.1, 0.15) is 13.3 Å². The Morgan fingerprint density at radius 1 is 0.722 bits per heavy atom. The second-order valence-electron chi connectivity index (χ2n) is 8.67. The van der Waals surface area contributed by atoms with Crippen molar-refractivity contribution < 1.29 is 39.9 Å². The lowest BCUT2D eigenvalue weighted by atomic mass is 9.84. The minimum absolute atomic E-state index is 0.103. The van der Waals surface area contributed by atoms with Crippen molar-refractivity contribution in [2.24, 2.45) is 14.1 Å². The van der Waals surface area contributed by atoms with E-state index in [2.05, 4.69) is 0 Å². The monoisotopic (exact) mass is 516 g/mol. The number of Topliss-reactive ketones (excluding diaryl/α,β-unsaturated/α-hetero) is 1. The second kappa shape index (κ2) is 8.94. The van der Waals surface area contributed by atoms with Crippen LogP contribution in [-0.4, -0.2) is 28.3 Å². The Morgan fingerprint density at radius 2 is 1.08 bits per heavy atom. The lowest BCUT2D eigenvalue weighted by molar-refractivity contribution is -0.138. The molecule has 2 aromatic heterocycles. The highest BCUT2D eigenvalue weighted by Gasteiger charge is 2.36. The van der Waals surface area contributed by atoms with Crippen LogP contribution in [0.3, 0.4) is 0 Å². The summed E-state index contributed by atoms with van der Waals surface area (Å²) in [5.41, 5.74) is -1.39. The number of carbonyl (C=O) groups excluding carboxylic acids is 1. The number of fused-ring (bicyclic) bond motifs is 2. The molecule has 0 fully saturated rings. The summed E-state index contributed by atoms with van der Waals surface area (Å²) < 4.78 is 110. The molecule has 0 bridgehead atoms. The van der Waals surface area contributed by atoms with Crippen molar-refractivity contribution in [3.63, 3.8) is 0 Å². The fourth-order valence-electron chi connectivity index (χ4n) is 4.61. The van der Waals surface area contributed by atoms with E-state index in [0.29, 0.717) is 0 Å². The summed E-state index contributed by atoms with van der Waals surface area (Å²) in [6.45, 7) is -2.48. The first-order chi connectivity index (χ1) is 16.8. The molecular formula is C25H20F8N2O. The van der Waals surface area contributed by atoms with Crippen LogP contribution in [0.5, 0.6) is 0 Å². The van der Waals surface area contributed by atoms with Crippen LogP contribution in [0.2, 0.25) is 0 Å². The summed E-state index contributed by atoms with van der Waals surface area (Å²) in [4.78, 5) is 13.4. The Kier molecular flexibility index (Phi) is 6.38. The van der Waals surface area contributed by atoms with Crippen LogP contribution < -0.4 is 0 Å². The van der Waals surface area contributed by atoms with Crippen molar-refractivity contribution in [1.82, 2.24) is 9.13 Å². The number of benzene rings is 2. The lowest BCUT2D eigenvalue weighted by Gasteiger charge is -2.18. The van der Waals surface area contributed by atoms with Gasteiger partial charge in [-0.15, -0.1) is 0 Å². The predicted molar refractivity (Wildman–Crippen MR) is 118 cm³/mol. The Balaban J connectivity index is 1.78. The van der Waals surface area contributed by atoms with Gasteiger partial charge in [0.15, 0.2) is 5.78 Å². The standard InChI is InChI=1S/C25H20F8N2O/c1-34-11-19(15-5-3-13(7-21(15)34)24(28,29)30)17(9-26)23(36)18(10-27)20-12-35(2)22-8-14(25(31,32)33)4-6-16(20)22/h3-8,11-12,17-18H,9-10H2,1-2H3. The number of aromatic nitrogens is 2. The molecule has 4 aromatic rings. The summed E-state index contributed by atoms with van der Waals surface area (Å²) in [7, 11) is 2.89. The van der Waals surface area contributed by atoms with Crippen molar-refractivity contribution in [2.75, 3.05) is 13.3 Å². The van der Waals surface area contributed by atoms with Crippen molar-refractivity contribution in [3.8, 4) is 0 Å². The van der Waals surface area contributed by atoms with Crippen LogP contribution >= 0.6 is 0 Å². The topological polar surface area (TPSA) is 26.9 Å². The summed E-state index contributed by atoms with van der Waals surface area (Å²) in [5.74, 6) is -3.84. The molecule has 2 atom stereocenters. The Labute approximate surface area is 199 Å². The van der Waals surface area contributed by atoms with E-state index in [1.54, 1.807) is 0 Å². The zero-order valence-electron chi connectivity index (χ0n) is 19.0. The molecule has 0 radical (unpaired) electrons. The first-order valence-electron chi connectivity index (χ1n) is 10.8. The van der Waals surface area contributed by atoms with Gasteiger partial charge in [0.2, 0.25) is 0 Å². The van der Waals surface area contributed by atoms with Gasteiger partial charge in [0.25, 0.3) is 0 Å². The maximum atomic E-state index is 14.3. The number of ketones is 1. The fraction of sp³-hybridized carbons (Fsp3) is 0.320. The van der Waals surface area contributed by atoms with E-state index in [4.69, 9.17) is 0 Å². The summed E-state index contributed by atoms with van der Waals surface area (Å²) in [5, 5.41) is 0.429. The molecule has 3 nitrogen and oxygen atoms in total. The number of rotatable bonds is 6. The number of hydrogen-bond acceptors (Lipinski definition) is 1. The molecule has 0 N–H and O–H groups in total. The zero-order chi connectivity index (χ0) is 26.6. The van der Waals surface area contributed by atoms with E-state index in [0.717, 1.165) is 36.4 Å². The van der Waals surface area contributed by atoms with Crippen LogP contribution in [-0.2, 0) is 31.2 Å². The largest absolute Gasteiger partial charge is 0.416 e. The van der Waals surface area contributed by atoms with Crippen LogP contribution in [0.1, 0.15) is 34.1 Å². The third kappa shape index (κ3) is 4.35. The number of hydrogen-bond donors (Lipinski definition) is 0. The molecule has 0 spiro atoms. The first kappa shape index (κ1) is 25.7. The lowest BCUT2D eigenvalue weighted by Crippen LogP contribution is -2.23. The van der Waals surface area contributed by atoms with Gasteiger partial charge in [0, 0.05) is 48.3 Å². The van der Waals surface area contributed by atoms with E-state index in [1.807, 2.05) is 0 Å². The highest BCUT2D eigenvalue weighted by molar-refractivity contribution is 6.00. The molecule has 2 aromatic carbocycles. The fourth-order valence-corrected chi connectivity index (χ4v) is 4.61. The Bertz CT molecular complexity index is 1340. The van der Waals surface area contributed by atoms with E-state index in [-0.39, 0.29) is 32.9 Å². The normalized spacial score (nSPS) is 14.5. The van der Waals surface area contributed by atoms with Gasteiger partial charge >= 0.3 is 12.4 Å². The summed E-state index contributed by atoms with van der Waals surface area (Å²) >= 11 is 0. The average molecular weight is 516 g/mol. The maximum Gasteiger partial charge on any atom is 0.416 e. The van der Waals surface area contributed by atoms with Gasteiger partial charge in [-0.05, 0) is 35.4 Å². The van der Waals surface area contributed by atoms with Gasteiger partial charge in [-0.1, -0.05) is 12.1 Å². The van der Waals surface area contributed by atoms with Crippen LogP contribution in [0.4, 0.5) is 35.1 Å². The van der Waals surface area contributed by atoms with E-state index in [9.17, 15) is 39.9 Å². The molecule has 0 aliphatic rings. The molecule has 0 amide bonds. The maximum absolute atomic E-state index is 14.3. The highest BCUT2D eigenvalue weighted by atomic mass is 19.4. The Morgan fingerprint density at radius 3 is 1.39 bits per heavy atom. The van der Waals surface area contributed by atoms with Crippen molar-refractivity contribution in [1.29, 1.82) is 0 Å². The van der Waals surface area contributed by atoms with Crippen molar-refractivity contribution in [3.05, 3.63) is 71.0 Å². The van der Waals surface area contributed by atoms with Crippen molar-refractivity contribution in [2.45, 2.75) is 24.2 Å². The molecule has 11 heteroatoms. The zero-order valence-corrected chi connectivity index (χ0v) is 19.0. The third-order valence-corrected chi connectivity index (χ3v) is 6.44. The molecule has 192 valence electrons. The molecule has 0 aliphatic carbocycles. The van der Waals surface area contributed by atoms with Gasteiger partial charge in [0.05, 0.1) is 23.0 Å². The molecule has 0 saturated carbocycles. The highest BCUT2D eigenvalue weighted by Crippen LogP contribution is 2.39. The second-order valence-corrected chi connectivity index (χ2v) is 8.67. The number of halogens is 8. The van der Waals surface area contributed by atoms with Crippen LogP contribution in [0.25, 0.3) is 21.8 Å². The number of nitrogens with zero attached hydrogens (tertiary/aromatic N) is 2. The summed E-state index contributed by atoms with van der Waals surface area (Å²) in [6.07, 6.45) is -6.54. The summed E-state index contributed by atoms with van der Waals surface area (Å²) in [6, 6.07) is 5.69. The minimum atomic E-state index is -4.60. The van der Waals surface area contributed by atoms with E-state index >= 15 is 0 Å². The molecule has 0 saturated heterocycles. The van der Waals surface area contributed by atoms with Crippen LogP contribution in [0.15, 0.2) is 48.8 Å². The minimum Gasteiger partial charge on any atom is -0.350 e. The number of aryl methyl sites for hydroxylation is 2. The molecule has 2 unspecified atom stereocenters. The SMILES string of the molecule is Cn1cc(C(CF)C(=O)C(CF)c2cn(C)c3cc(C(F)(F)F)ccc23)c2ccc(C(F)(F)F)cc21. The third-order valence-electron chi connectivity index (χ3n) is 6.44. The van der Waals surface area contributed by atoms with Crippen molar-refractivity contribution >= 4 is 27.6 Å². The number of carbonyl (C=O) groups is 1. The predicted octanol–water partition coefficient (Wildman–Crippen LogP) is 7.08. The van der Waals surface area contributed by atoms with Gasteiger partial charge < -0.3 is 9.13 Å². The smallest absolute Gasteiger partial charge is 0.350 e. The van der Waals surface area contributed by atoms with E-state index < -0.39 is 54.4 Å². The van der Waals surface area contributed by atoms with Gasteiger partial charge in [-0.3, -0.25) is 4.79 Å². The van der Waals surface area contributed by atoms with Crippen LogP contribution in [0, 0.1) is 0 Å². The molecule has 4 rings (SSSR count). The molecule has 36 heavy (non-hydrogen) atoms. The van der Waals surface area contributed by atoms with Gasteiger partial charge in [-0.25, -0.2) is 8.78 Å². The van der Waals surface area contributed by atoms with Gasteiger partial charge in [-0.2, -0.15) is 26.3 Å². The molecular weight excluding hydrogens is 496 g/mol. The molecule has 2 heterocycles. The Hall–Kier alpha value is -3.37. The average Bonchev–Trinajstić information content (AvgIpc) is 3.30. The molecule has 0 aliphatic heterocycles. The van der Waals surface area contributed by atoms with E-state index in [1.165, 1.54) is 35.6 Å². The quantitative estimate of drug-likeness (QED) is 0.252. The number of alkyl halides is 8.